The van der Waals surface area contributed by atoms with Gasteiger partial charge in [-0.05, 0) is 19.1 Å². The molecule has 0 atom stereocenters. The first-order chi connectivity index (χ1) is 7.15. The molecule has 0 bridgehead atoms. The normalized spacial score (nSPS) is 10.4. The summed E-state index contributed by atoms with van der Waals surface area (Å²) in [7, 11) is 0. The SMILES string of the molecule is CCOCCNc1c(F)cc(Br)cc1F. The summed E-state index contributed by atoms with van der Waals surface area (Å²) in [6.45, 7) is 3.25. The van der Waals surface area contributed by atoms with Crippen molar-refractivity contribution in [2.45, 2.75) is 6.92 Å². The van der Waals surface area contributed by atoms with Crippen LogP contribution in [0.15, 0.2) is 16.6 Å². The third kappa shape index (κ3) is 3.76. The molecule has 1 N–H and O–H groups in total. The van der Waals surface area contributed by atoms with E-state index in [4.69, 9.17) is 4.74 Å². The molecule has 0 amide bonds. The summed E-state index contributed by atoms with van der Waals surface area (Å²) in [5.41, 5.74) is -0.113. The molecular weight excluding hydrogens is 268 g/mol. The summed E-state index contributed by atoms with van der Waals surface area (Å²) in [6, 6.07) is 2.43. The predicted molar refractivity (Wildman–Crippen MR) is 59.0 cm³/mol. The van der Waals surface area contributed by atoms with Crippen molar-refractivity contribution in [3.8, 4) is 0 Å². The van der Waals surface area contributed by atoms with Crippen molar-refractivity contribution >= 4 is 21.6 Å². The molecule has 0 aliphatic rings. The molecule has 1 rings (SSSR count). The van der Waals surface area contributed by atoms with Crippen molar-refractivity contribution in [2.75, 3.05) is 25.1 Å². The molecule has 0 spiro atoms. The van der Waals surface area contributed by atoms with Crippen LogP contribution >= 0.6 is 15.9 Å². The number of benzene rings is 1. The first-order valence-corrected chi connectivity index (χ1v) is 5.40. The smallest absolute Gasteiger partial charge is 0.150 e. The van der Waals surface area contributed by atoms with Crippen LogP contribution in [0, 0.1) is 11.6 Å². The summed E-state index contributed by atoms with van der Waals surface area (Å²) >= 11 is 3.01. The van der Waals surface area contributed by atoms with Crippen LogP contribution in [-0.2, 0) is 4.74 Å². The highest BCUT2D eigenvalue weighted by atomic mass is 79.9. The third-order valence-electron chi connectivity index (χ3n) is 1.76. The zero-order valence-electron chi connectivity index (χ0n) is 8.32. The Kier molecular flexibility index (Phi) is 4.98. The Hall–Kier alpha value is -0.680. The van der Waals surface area contributed by atoms with E-state index in [1.165, 1.54) is 12.1 Å². The lowest BCUT2D eigenvalue weighted by Crippen LogP contribution is -2.11. The maximum Gasteiger partial charge on any atom is 0.150 e. The van der Waals surface area contributed by atoms with Gasteiger partial charge in [0, 0.05) is 17.6 Å². The van der Waals surface area contributed by atoms with Gasteiger partial charge in [0.2, 0.25) is 0 Å². The van der Waals surface area contributed by atoms with E-state index in [1.807, 2.05) is 6.92 Å². The largest absolute Gasteiger partial charge is 0.380 e. The Labute approximate surface area is 95.8 Å². The number of rotatable bonds is 5. The van der Waals surface area contributed by atoms with Gasteiger partial charge in [0.1, 0.15) is 17.3 Å². The fraction of sp³-hybridized carbons (Fsp3) is 0.400. The standard InChI is InChI=1S/C10H12BrF2NO/c1-2-15-4-3-14-10-8(12)5-7(11)6-9(10)13/h5-6,14H,2-4H2,1H3. The lowest BCUT2D eigenvalue weighted by Gasteiger charge is -2.08. The van der Waals surface area contributed by atoms with Crippen LogP contribution in [-0.4, -0.2) is 19.8 Å². The lowest BCUT2D eigenvalue weighted by molar-refractivity contribution is 0.158. The first-order valence-electron chi connectivity index (χ1n) is 4.61. The Balaban J connectivity index is 2.60. The number of hydrogen-bond acceptors (Lipinski definition) is 2. The molecule has 0 heterocycles. The minimum atomic E-state index is -0.613. The number of nitrogens with one attached hydrogen (secondary N) is 1. The highest BCUT2D eigenvalue weighted by Crippen LogP contribution is 2.23. The topological polar surface area (TPSA) is 21.3 Å². The van der Waals surface area contributed by atoms with E-state index in [0.29, 0.717) is 24.2 Å². The fourth-order valence-electron chi connectivity index (χ4n) is 1.10. The Bertz CT molecular complexity index is 310. The zero-order chi connectivity index (χ0) is 11.3. The first kappa shape index (κ1) is 12.4. The van der Waals surface area contributed by atoms with Crippen molar-refractivity contribution in [2.24, 2.45) is 0 Å². The molecular formula is C10H12BrF2NO. The molecule has 2 nitrogen and oxygen atoms in total. The van der Waals surface area contributed by atoms with Gasteiger partial charge in [-0.1, -0.05) is 15.9 Å². The molecule has 0 saturated carbocycles. The van der Waals surface area contributed by atoms with E-state index in [0.717, 1.165) is 0 Å². The van der Waals surface area contributed by atoms with Crippen molar-refractivity contribution < 1.29 is 13.5 Å². The summed E-state index contributed by atoms with van der Waals surface area (Å²) in [4.78, 5) is 0. The van der Waals surface area contributed by atoms with Gasteiger partial charge >= 0.3 is 0 Å². The summed E-state index contributed by atoms with van der Waals surface area (Å²) < 4.78 is 31.9. The van der Waals surface area contributed by atoms with Crippen molar-refractivity contribution in [3.05, 3.63) is 28.2 Å². The number of hydrogen-bond donors (Lipinski definition) is 1. The van der Waals surface area contributed by atoms with Gasteiger partial charge in [0.25, 0.3) is 0 Å². The zero-order valence-corrected chi connectivity index (χ0v) is 9.90. The van der Waals surface area contributed by atoms with Crippen LogP contribution in [0.3, 0.4) is 0 Å². The van der Waals surface area contributed by atoms with Crippen LogP contribution in [0.1, 0.15) is 6.92 Å². The van der Waals surface area contributed by atoms with E-state index in [1.54, 1.807) is 0 Å². The quantitative estimate of drug-likeness (QED) is 0.836. The van der Waals surface area contributed by atoms with E-state index in [9.17, 15) is 8.78 Å². The van der Waals surface area contributed by atoms with Gasteiger partial charge in [-0.25, -0.2) is 8.78 Å². The molecule has 1 aromatic rings. The maximum absolute atomic E-state index is 13.2. The molecule has 5 heteroatoms. The average molecular weight is 280 g/mol. The summed E-state index contributed by atoms with van der Waals surface area (Å²) in [5.74, 6) is -1.23. The van der Waals surface area contributed by atoms with Crippen molar-refractivity contribution in [1.82, 2.24) is 0 Å². The molecule has 0 aliphatic heterocycles. The fourth-order valence-corrected chi connectivity index (χ4v) is 1.51. The molecule has 0 unspecified atom stereocenters. The van der Waals surface area contributed by atoms with E-state index in [-0.39, 0.29) is 5.69 Å². The minimum Gasteiger partial charge on any atom is -0.380 e. The Morgan fingerprint density at radius 3 is 2.47 bits per heavy atom. The van der Waals surface area contributed by atoms with Crippen molar-refractivity contribution in [3.63, 3.8) is 0 Å². The number of ether oxygens (including phenoxy) is 1. The molecule has 84 valence electrons. The average Bonchev–Trinajstić information content (AvgIpc) is 2.15. The molecule has 0 radical (unpaired) electrons. The van der Waals surface area contributed by atoms with Gasteiger partial charge in [-0.15, -0.1) is 0 Å². The highest BCUT2D eigenvalue weighted by Gasteiger charge is 2.09. The molecule has 0 fully saturated rings. The number of anilines is 1. The van der Waals surface area contributed by atoms with Crippen LogP contribution in [0.25, 0.3) is 0 Å². The monoisotopic (exact) mass is 279 g/mol. The highest BCUT2D eigenvalue weighted by molar-refractivity contribution is 9.10. The van der Waals surface area contributed by atoms with Gasteiger partial charge in [-0.3, -0.25) is 0 Å². The molecule has 0 saturated heterocycles. The van der Waals surface area contributed by atoms with Gasteiger partial charge in [-0.2, -0.15) is 0 Å². The van der Waals surface area contributed by atoms with Gasteiger partial charge < -0.3 is 10.1 Å². The summed E-state index contributed by atoms with van der Waals surface area (Å²) in [5, 5.41) is 2.65. The minimum absolute atomic E-state index is 0.113. The van der Waals surface area contributed by atoms with Crippen LogP contribution < -0.4 is 5.32 Å². The molecule has 1 aromatic carbocycles. The molecule has 0 aromatic heterocycles. The van der Waals surface area contributed by atoms with Gasteiger partial charge in [0.15, 0.2) is 0 Å². The Morgan fingerprint density at radius 1 is 1.33 bits per heavy atom. The maximum atomic E-state index is 13.2. The summed E-state index contributed by atoms with van der Waals surface area (Å²) in [6.07, 6.45) is 0. The van der Waals surface area contributed by atoms with Crippen molar-refractivity contribution in [1.29, 1.82) is 0 Å². The molecule has 0 aliphatic carbocycles. The Morgan fingerprint density at radius 2 is 1.93 bits per heavy atom. The second-order valence-electron chi connectivity index (χ2n) is 2.87. The van der Waals surface area contributed by atoms with E-state index in [2.05, 4.69) is 21.2 Å². The number of halogens is 3. The second kappa shape index (κ2) is 6.02. The van der Waals surface area contributed by atoms with Crippen LogP contribution in [0.4, 0.5) is 14.5 Å². The molecule has 15 heavy (non-hydrogen) atoms. The second-order valence-corrected chi connectivity index (χ2v) is 3.78. The predicted octanol–water partition coefficient (Wildman–Crippen LogP) is 3.18. The van der Waals surface area contributed by atoms with Crippen LogP contribution in [0.2, 0.25) is 0 Å². The van der Waals surface area contributed by atoms with Crippen LogP contribution in [0.5, 0.6) is 0 Å². The van der Waals surface area contributed by atoms with Gasteiger partial charge in [0.05, 0.1) is 6.61 Å². The van der Waals surface area contributed by atoms with E-state index >= 15 is 0 Å². The lowest BCUT2D eigenvalue weighted by atomic mass is 10.3. The van der Waals surface area contributed by atoms with E-state index < -0.39 is 11.6 Å². The third-order valence-corrected chi connectivity index (χ3v) is 2.22.